The highest BCUT2D eigenvalue weighted by atomic mass is 19.4. The van der Waals surface area contributed by atoms with Gasteiger partial charge >= 0.3 is 24.1 Å². The Balaban J connectivity index is 1.90. The maximum absolute atomic E-state index is 13.3. The van der Waals surface area contributed by atoms with Gasteiger partial charge in [0.25, 0.3) is 0 Å². The number of hydrogen-bond donors (Lipinski definition) is 2. The average molecular weight is 595 g/mol. The molecule has 0 spiro atoms. The van der Waals surface area contributed by atoms with E-state index in [0.717, 1.165) is 19.0 Å². The van der Waals surface area contributed by atoms with Crippen LogP contribution in [0.2, 0.25) is 0 Å². The lowest BCUT2D eigenvalue weighted by Crippen LogP contribution is -2.39. The van der Waals surface area contributed by atoms with Gasteiger partial charge in [-0.3, -0.25) is 4.79 Å². The Morgan fingerprint density at radius 1 is 1.05 bits per heavy atom. The van der Waals surface area contributed by atoms with E-state index < -0.39 is 35.8 Å². The van der Waals surface area contributed by atoms with Gasteiger partial charge in [0.1, 0.15) is 23.1 Å². The lowest BCUT2D eigenvalue weighted by Gasteiger charge is -2.26. The zero-order valence-corrected chi connectivity index (χ0v) is 24.4. The van der Waals surface area contributed by atoms with Crippen LogP contribution in [0, 0.1) is 0 Å². The Bertz CT molecular complexity index is 1240. The Hall–Kier alpha value is -4.10. The van der Waals surface area contributed by atoms with Crippen molar-refractivity contribution in [3.05, 3.63) is 36.0 Å². The smallest absolute Gasteiger partial charge is 0.458 e. The van der Waals surface area contributed by atoms with Crippen molar-refractivity contribution in [3.63, 3.8) is 0 Å². The van der Waals surface area contributed by atoms with Gasteiger partial charge in [-0.1, -0.05) is 12.1 Å². The first-order valence-corrected chi connectivity index (χ1v) is 13.8. The van der Waals surface area contributed by atoms with Gasteiger partial charge in [-0.2, -0.15) is 18.2 Å². The summed E-state index contributed by atoms with van der Waals surface area (Å²) in [5, 5.41) is 4.66. The Morgan fingerprint density at radius 3 is 2.21 bits per heavy atom. The zero-order valence-electron chi connectivity index (χ0n) is 24.4. The van der Waals surface area contributed by atoms with Gasteiger partial charge in [0, 0.05) is 32.6 Å². The second kappa shape index (κ2) is 13.7. The lowest BCUT2D eigenvalue weighted by atomic mass is 10.0. The van der Waals surface area contributed by atoms with Crippen molar-refractivity contribution in [1.82, 2.24) is 14.9 Å². The Kier molecular flexibility index (Phi) is 10.6. The molecule has 0 radical (unpaired) electrons. The summed E-state index contributed by atoms with van der Waals surface area (Å²) in [6.07, 6.45) is -2.64. The third-order valence-corrected chi connectivity index (χ3v) is 6.26. The maximum Gasteiger partial charge on any atom is 0.471 e. The first-order valence-electron chi connectivity index (χ1n) is 13.8. The normalized spacial score (nSPS) is 14.2. The highest BCUT2D eigenvalue weighted by molar-refractivity contribution is 5.97. The topological polar surface area (TPSA) is 126 Å². The molecule has 1 fully saturated rings. The van der Waals surface area contributed by atoms with Gasteiger partial charge in [-0.25, -0.2) is 14.6 Å². The van der Waals surface area contributed by atoms with Gasteiger partial charge in [-0.15, -0.1) is 0 Å². The molecule has 230 valence electrons. The molecule has 0 saturated carbocycles. The van der Waals surface area contributed by atoms with Crippen molar-refractivity contribution >= 4 is 35.4 Å². The molecule has 1 saturated heterocycles. The third-order valence-electron chi connectivity index (χ3n) is 6.26. The summed E-state index contributed by atoms with van der Waals surface area (Å²) in [6.45, 7) is 11.1. The van der Waals surface area contributed by atoms with E-state index in [1.807, 2.05) is 13.8 Å². The number of aromatic nitrogens is 2. The number of nitrogens with zero attached hydrogens (tertiary/aromatic N) is 4. The number of anilines is 3. The van der Waals surface area contributed by atoms with Crippen LogP contribution in [0.3, 0.4) is 0 Å². The maximum atomic E-state index is 13.3. The van der Waals surface area contributed by atoms with Crippen LogP contribution in [-0.2, 0) is 20.7 Å². The molecule has 11 nitrogen and oxygen atoms in total. The summed E-state index contributed by atoms with van der Waals surface area (Å²) in [5.41, 5.74) is -0.583. The van der Waals surface area contributed by atoms with E-state index >= 15 is 0 Å². The molecular formula is C28H37F3N6O5. The molecule has 0 aliphatic carbocycles. The van der Waals surface area contributed by atoms with Crippen LogP contribution in [-0.4, -0.2) is 76.8 Å². The first kappa shape index (κ1) is 32.4. The number of benzene rings is 1. The Morgan fingerprint density at radius 2 is 1.67 bits per heavy atom. The number of nitrogens with one attached hydrogen (secondary N) is 2. The van der Waals surface area contributed by atoms with Crippen LogP contribution in [0.15, 0.2) is 30.5 Å². The lowest BCUT2D eigenvalue weighted by molar-refractivity contribution is -0.167. The monoisotopic (exact) mass is 594 g/mol. The van der Waals surface area contributed by atoms with Crippen LogP contribution in [0.1, 0.15) is 53.0 Å². The number of likely N-dealkylation sites (tertiary alicyclic amines) is 1. The first-order chi connectivity index (χ1) is 19.7. The number of halogens is 3. The van der Waals surface area contributed by atoms with Crippen LogP contribution in [0.5, 0.6) is 5.75 Å². The number of carbonyl (C=O) groups is 3. The Labute approximate surface area is 242 Å². The predicted octanol–water partition coefficient (Wildman–Crippen LogP) is 4.78. The largest absolute Gasteiger partial charge is 0.471 e. The minimum absolute atomic E-state index is 0.0343. The summed E-state index contributed by atoms with van der Waals surface area (Å²) >= 11 is 0. The van der Waals surface area contributed by atoms with Gasteiger partial charge in [0.2, 0.25) is 5.95 Å². The number of carbonyl (C=O) groups excluding carboxylic acids is 3. The number of rotatable bonds is 10. The van der Waals surface area contributed by atoms with Crippen molar-refractivity contribution in [1.29, 1.82) is 0 Å². The van der Waals surface area contributed by atoms with Crippen LogP contribution >= 0.6 is 0 Å². The van der Waals surface area contributed by atoms with Crippen LogP contribution in [0.4, 0.5) is 35.4 Å². The second-order valence-corrected chi connectivity index (χ2v) is 10.7. The fourth-order valence-corrected chi connectivity index (χ4v) is 4.15. The molecular weight excluding hydrogens is 557 g/mol. The standard InChI is InChI=1S/C28H37F3N6O5/c1-6-36(7-2)25-32-17-21(34-24(39)28(29,30)31)22(35-25)33-20(23(38)42-27(3,4)5)16-18-10-12-19(13-11-18)41-26(40)37-14-8-9-15-37/h10-13,17,20H,6-9,14-16H2,1-5H3,(H,34,39)(H,32,33,35). The van der Waals surface area contributed by atoms with E-state index in [1.165, 1.54) is 0 Å². The third kappa shape index (κ3) is 9.21. The van der Waals surface area contributed by atoms with Crippen molar-refractivity contribution in [2.45, 2.75) is 71.7 Å². The summed E-state index contributed by atoms with van der Waals surface area (Å²) < 4.78 is 50.2. The molecule has 1 aliphatic rings. The van der Waals surface area contributed by atoms with Gasteiger partial charge < -0.3 is 29.9 Å². The molecule has 0 bridgehead atoms. The highest BCUT2D eigenvalue weighted by Gasteiger charge is 2.39. The molecule has 1 unspecified atom stereocenters. The molecule has 3 rings (SSSR count). The van der Waals surface area contributed by atoms with E-state index in [4.69, 9.17) is 9.47 Å². The van der Waals surface area contributed by atoms with Crippen molar-refractivity contribution in [2.24, 2.45) is 0 Å². The summed E-state index contributed by atoms with van der Waals surface area (Å²) in [4.78, 5) is 49.2. The quantitative estimate of drug-likeness (QED) is 0.374. The van der Waals surface area contributed by atoms with E-state index in [9.17, 15) is 27.6 Å². The number of amides is 2. The fraction of sp³-hybridized carbons (Fsp3) is 0.536. The fourth-order valence-electron chi connectivity index (χ4n) is 4.15. The summed E-state index contributed by atoms with van der Waals surface area (Å²) in [7, 11) is 0. The van der Waals surface area contributed by atoms with Crippen molar-refractivity contribution < 1.29 is 37.0 Å². The SMILES string of the molecule is CCN(CC)c1ncc(NC(=O)C(F)(F)F)c(NC(Cc2ccc(OC(=O)N3CCCC3)cc2)C(=O)OC(C)(C)C)n1. The molecule has 2 aromatic rings. The summed E-state index contributed by atoms with van der Waals surface area (Å²) in [6, 6.07) is 5.39. The average Bonchev–Trinajstić information content (AvgIpc) is 3.45. The predicted molar refractivity (Wildman–Crippen MR) is 151 cm³/mol. The van der Waals surface area contributed by atoms with Crippen molar-refractivity contribution in [3.8, 4) is 5.75 Å². The van der Waals surface area contributed by atoms with E-state index in [0.29, 0.717) is 37.5 Å². The number of esters is 1. The van der Waals surface area contributed by atoms with Crippen LogP contribution < -0.4 is 20.3 Å². The zero-order chi connectivity index (χ0) is 31.1. The molecule has 1 atom stereocenters. The minimum Gasteiger partial charge on any atom is -0.458 e. The molecule has 2 N–H and O–H groups in total. The molecule has 1 aliphatic heterocycles. The summed E-state index contributed by atoms with van der Waals surface area (Å²) in [5.74, 6) is -2.56. The number of ether oxygens (including phenoxy) is 2. The molecule has 14 heteroatoms. The molecule has 1 aromatic heterocycles. The minimum atomic E-state index is -5.15. The second-order valence-electron chi connectivity index (χ2n) is 10.7. The molecule has 42 heavy (non-hydrogen) atoms. The molecule has 1 aromatic carbocycles. The molecule has 2 heterocycles. The van der Waals surface area contributed by atoms with Crippen molar-refractivity contribution in [2.75, 3.05) is 41.7 Å². The molecule has 2 amide bonds. The van der Waals surface area contributed by atoms with Crippen LogP contribution in [0.25, 0.3) is 0 Å². The van der Waals surface area contributed by atoms with E-state index in [2.05, 4.69) is 15.3 Å². The highest BCUT2D eigenvalue weighted by Crippen LogP contribution is 2.27. The van der Waals surface area contributed by atoms with E-state index in [-0.39, 0.29) is 23.9 Å². The van der Waals surface area contributed by atoms with E-state index in [1.54, 1.807) is 60.2 Å². The van der Waals surface area contributed by atoms with Gasteiger partial charge in [-0.05, 0) is 65.2 Å². The van der Waals surface area contributed by atoms with Gasteiger partial charge in [0.15, 0.2) is 5.82 Å². The number of alkyl halides is 3. The van der Waals surface area contributed by atoms with Gasteiger partial charge in [0.05, 0.1) is 6.20 Å². The number of hydrogen-bond acceptors (Lipinski definition) is 9.